The van der Waals surface area contributed by atoms with Gasteiger partial charge in [-0.05, 0) is 6.92 Å². The van der Waals surface area contributed by atoms with E-state index in [9.17, 15) is 0 Å². The third-order valence-electron chi connectivity index (χ3n) is 1.59. The number of aromatic nitrogens is 3. The highest BCUT2D eigenvalue weighted by atomic mass is 32.1. The maximum absolute atomic E-state index is 5.51. The van der Waals surface area contributed by atoms with Crippen LogP contribution in [-0.4, -0.2) is 15.0 Å². The summed E-state index contributed by atoms with van der Waals surface area (Å²) in [7, 11) is 0. The first-order valence-electron chi connectivity index (χ1n) is 3.76. The van der Waals surface area contributed by atoms with Gasteiger partial charge in [-0.25, -0.2) is 15.0 Å². The zero-order valence-corrected chi connectivity index (χ0v) is 7.88. The molecule has 0 aliphatic rings. The molecular formula is C8H8N4S. The lowest BCUT2D eigenvalue weighted by atomic mass is 10.3. The molecule has 2 heterocycles. The second kappa shape index (κ2) is 3.10. The van der Waals surface area contributed by atoms with E-state index in [1.54, 1.807) is 18.6 Å². The van der Waals surface area contributed by atoms with Gasteiger partial charge in [0.25, 0.3) is 0 Å². The van der Waals surface area contributed by atoms with Crippen LogP contribution in [0.1, 0.15) is 5.82 Å². The fraction of sp³-hybridized carbons (Fsp3) is 0.125. The third kappa shape index (κ3) is 1.65. The van der Waals surface area contributed by atoms with Gasteiger partial charge in [-0.2, -0.15) is 0 Å². The van der Waals surface area contributed by atoms with Crippen LogP contribution in [0.4, 0.5) is 5.13 Å². The van der Waals surface area contributed by atoms with E-state index in [2.05, 4.69) is 15.0 Å². The first kappa shape index (κ1) is 8.12. The molecule has 0 unspecified atom stereocenters. The summed E-state index contributed by atoms with van der Waals surface area (Å²) >= 11 is 1.43. The second-order valence-corrected chi connectivity index (χ2v) is 3.64. The molecule has 2 aromatic rings. The lowest BCUT2D eigenvalue weighted by molar-refractivity contribution is 1.06. The van der Waals surface area contributed by atoms with E-state index in [1.807, 2.05) is 6.92 Å². The van der Waals surface area contributed by atoms with Crippen molar-refractivity contribution >= 4 is 16.5 Å². The van der Waals surface area contributed by atoms with Crippen LogP contribution >= 0.6 is 11.3 Å². The van der Waals surface area contributed by atoms with Crippen molar-refractivity contribution in [1.29, 1.82) is 0 Å². The maximum Gasteiger partial charge on any atom is 0.180 e. The largest absolute Gasteiger partial charge is 0.375 e. The highest BCUT2D eigenvalue weighted by molar-refractivity contribution is 7.18. The van der Waals surface area contributed by atoms with E-state index in [0.717, 1.165) is 16.3 Å². The summed E-state index contributed by atoms with van der Waals surface area (Å²) < 4.78 is 0. The predicted molar refractivity (Wildman–Crippen MR) is 52.3 cm³/mol. The second-order valence-electron chi connectivity index (χ2n) is 2.58. The molecule has 0 amide bonds. The number of aryl methyl sites for hydroxylation is 1. The SMILES string of the molecule is Cc1ncc(-c2cnc(N)s2)cn1. The molecule has 0 aliphatic carbocycles. The molecule has 2 N–H and O–H groups in total. The summed E-state index contributed by atoms with van der Waals surface area (Å²) in [5, 5.41) is 0.565. The van der Waals surface area contributed by atoms with Gasteiger partial charge in [0.15, 0.2) is 5.13 Å². The van der Waals surface area contributed by atoms with Crippen molar-refractivity contribution in [3.8, 4) is 10.4 Å². The Balaban J connectivity index is 2.41. The van der Waals surface area contributed by atoms with Gasteiger partial charge in [0.1, 0.15) is 5.82 Å². The van der Waals surface area contributed by atoms with Gasteiger partial charge >= 0.3 is 0 Å². The lowest BCUT2D eigenvalue weighted by Gasteiger charge is -1.94. The Bertz CT molecular complexity index is 406. The number of anilines is 1. The summed E-state index contributed by atoms with van der Waals surface area (Å²) in [6.07, 6.45) is 5.28. The van der Waals surface area contributed by atoms with E-state index in [-0.39, 0.29) is 0 Å². The van der Waals surface area contributed by atoms with E-state index in [1.165, 1.54) is 11.3 Å². The van der Waals surface area contributed by atoms with Crippen LogP contribution in [0, 0.1) is 6.92 Å². The van der Waals surface area contributed by atoms with Gasteiger partial charge < -0.3 is 5.73 Å². The minimum absolute atomic E-state index is 0.565. The van der Waals surface area contributed by atoms with Gasteiger partial charge in [0, 0.05) is 24.2 Å². The Morgan fingerprint density at radius 2 is 1.85 bits per heavy atom. The number of hydrogen-bond donors (Lipinski definition) is 1. The average Bonchev–Trinajstić information content (AvgIpc) is 2.53. The number of nitrogen functional groups attached to an aromatic ring is 1. The molecule has 2 rings (SSSR count). The Morgan fingerprint density at radius 3 is 2.38 bits per heavy atom. The molecule has 0 saturated heterocycles. The van der Waals surface area contributed by atoms with Crippen LogP contribution in [0.25, 0.3) is 10.4 Å². The topological polar surface area (TPSA) is 64.7 Å². The normalized spacial score (nSPS) is 10.2. The van der Waals surface area contributed by atoms with Crippen molar-refractivity contribution in [2.45, 2.75) is 6.92 Å². The van der Waals surface area contributed by atoms with Crippen LogP contribution in [0.2, 0.25) is 0 Å². The molecule has 0 fully saturated rings. The molecular weight excluding hydrogens is 184 g/mol. The van der Waals surface area contributed by atoms with E-state index in [4.69, 9.17) is 5.73 Å². The Labute approximate surface area is 79.5 Å². The van der Waals surface area contributed by atoms with Crippen LogP contribution in [0.3, 0.4) is 0 Å². The van der Waals surface area contributed by atoms with Crippen molar-refractivity contribution in [3.05, 3.63) is 24.4 Å². The van der Waals surface area contributed by atoms with Crippen LogP contribution in [0.15, 0.2) is 18.6 Å². The Kier molecular flexibility index (Phi) is 1.94. The average molecular weight is 192 g/mol. The molecule has 0 spiro atoms. The van der Waals surface area contributed by atoms with Crippen molar-refractivity contribution < 1.29 is 0 Å². The highest BCUT2D eigenvalue weighted by Gasteiger charge is 2.02. The van der Waals surface area contributed by atoms with Gasteiger partial charge in [0.05, 0.1) is 4.88 Å². The molecule has 0 radical (unpaired) electrons. The Morgan fingerprint density at radius 1 is 1.15 bits per heavy atom. The minimum Gasteiger partial charge on any atom is -0.375 e. The molecule has 5 heteroatoms. The number of nitrogens with two attached hydrogens (primary N) is 1. The van der Waals surface area contributed by atoms with Crippen LogP contribution in [0.5, 0.6) is 0 Å². The molecule has 0 bridgehead atoms. The van der Waals surface area contributed by atoms with Gasteiger partial charge in [-0.3, -0.25) is 0 Å². The number of rotatable bonds is 1. The highest BCUT2D eigenvalue weighted by Crippen LogP contribution is 2.25. The summed E-state index contributed by atoms with van der Waals surface area (Å²) in [5.74, 6) is 0.765. The molecule has 0 aromatic carbocycles. The molecule has 2 aromatic heterocycles. The quantitative estimate of drug-likeness (QED) is 0.743. The lowest BCUT2D eigenvalue weighted by Crippen LogP contribution is -1.85. The van der Waals surface area contributed by atoms with Crippen molar-refractivity contribution in [1.82, 2.24) is 15.0 Å². The number of hydrogen-bond acceptors (Lipinski definition) is 5. The summed E-state index contributed by atoms with van der Waals surface area (Å²) in [6, 6.07) is 0. The van der Waals surface area contributed by atoms with E-state index < -0.39 is 0 Å². The van der Waals surface area contributed by atoms with Crippen LogP contribution in [-0.2, 0) is 0 Å². The molecule has 0 aliphatic heterocycles. The van der Waals surface area contributed by atoms with Gasteiger partial charge in [0.2, 0.25) is 0 Å². The van der Waals surface area contributed by atoms with E-state index >= 15 is 0 Å². The van der Waals surface area contributed by atoms with Crippen molar-refractivity contribution in [2.75, 3.05) is 5.73 Å². The molecule has 13 heavy (non-hydrogen) atoms. The van der Waals surface area contributed by atoms with E-state index in [0.29, 0.717) is 5.13 Å². The Hall–Kier alpha value is -1.49. The summed E-state index contributed by atoms with van der Waals surface area (Å²) in [5.41, 5.74) is 6.47. The zero-order chi connectivity index (χ0) is 9.26. The minimum atomic E-state index is 0.565. The molecule has 0 saturated carbocycles. The maximum atomic E-state index is 5.51. The number of nitrogens with zero attached hydrogens (tertiary/aromatic N) is 3. The van der Waals surface area contributed by atoms with Gasteiger partial charge in [-0.1, -0.05) is 11.3 Å². The summed E-state index contributed by atoms with van der Waals surface area (Å²) in [6.45, 7) is 1.85. The van der Waals surface area contributed by atoms with Crippen molar-refractivity contribution in [3.63, 3.8) is 0 Å². The fourth-order valence-electron chi connectivity index (χ4n) is 0.941. The van der Waals surface area contributed by atoms with Crippen LogP contribution < -0.4 is 5.73 Å². The smallest absolute Gasteiger partial charge is 0.180 e. The third-order valence-corrected chi connectivity index (χ3v) is 2.46. The first-order chi connectivity index (χ1) is 6.25. The predicted octanol–water partition coefficient (Wildman–Crippen LogP) is 1.49. The number of thiazole rings is 1. The first-order valence-corrected chi connectivity index (χ1v) is 4.57. The molecule has 0 atom stereocenters. The summed E-state index contributed by atoms with van der Waals surface area (Å²) in [4.78, 5) is 13.1. The van der Waals surface area contributed by atoms with Crippen molar-refractivity contribution in [2.24, 2.45) is 0 Å². The zero-order valence-electron chi connectivity index (χ0n) is 7.06. The fourth-order valence-corrected chi connectivity index (χ4v) is 1.60. The standard InChI is InChI=1S/C8H8N4S/c1-5-10-2-6(3-11-5)7-4-12-8(9)13-7/h2-4H,1H3,(H2,9,12). The monoisotopic (exact) mass is 192 g/mol. The molecule has 4 nitrogen and oxygen atoms in total. The molecule has 66 valence electrons. The van der Waals surface area contributed by atoms with Gasteiger partial charge in [-0.15, -0.1) is 0 Å².